The van der Waals surface area contributed by atoms with Gasteiger partial charge in [-0.1, -0.05) is 29.4 Å². The molecular weight excluding hydrogens is 398 g/mol. The van der Waals surface area contributed by atoms with E-state index in [-0.39, 0.29) is 12.5 Å². The van der Waals surface area contributed by atoms with Gasteiger partial charge in [-0.3, -0.25) is 9.69 Å². The Labute approximate surface area is 159 Å². The molecule has 2 aromatic heterocycles. The van der Waals surface area contributed by atoms with E-state index in [2.05, 4.69) is 36.4 Å². The monoisotopic (exact) mass is 415 g/mol. The van der Waals surface area contributed by atoms with Crippen molar-refractivity contribution in [1.29, 1.82) is 0 Å². The van der Waals surface area contributed by atoms with E-state index < -0.39 is 0 Å². The molecule has 1 amide bonds. The zero-order valence-electron chi connectivity index (χ0n) is 14.4. The minimum absolute atomic E-state index is 0.166. The fourth-order valence-corrected chi connectivity index (χ4v) is 2.65. The van der Waals surface area contributed by atoms with Crippen LogP contribution in [0.1, 0.15) is 11.5 Å². The SMILES string of the molecule is Cc1ccccc1-c1noc(CN(C)CC(=O)Nc2ccc(Br)cn2)n1. The normalized spacial score (nSPS) is 10.9. The van der Waals surface area contributed by atoms with Gasteiger partial charge in [0.05, 0.1) is 13.1 Å². The summed E-state index contributed by atoms with van der Waals surface area (Å²) in [5.74, 6) is 1.35. The zero-order chi connectivity index (χ0) is 18.5. The Balaban J connectivity index is 1.56. The first-order valence-corrected chi connectivity index (χ1v) is 8.79. The minimum atomic E-state index is -0.166. The fraction of sp³-hybridized carbons (Fsp3) is 0.222. The summed E-state index contributed by atoms with van der Waals surface area (Å²) in [4.78, 5) is 22.4. The molecule has 0 aliphatic rings. The van der Waals surface area contributed by atoms with Crippen molar-refractivity contribution in [3.8, 4) is 11.4 Å². The molecular formula is C18H18BrN5O2. The third-order valence-electron chi connectivity index (χ3n) is 3.67. The molecule has 0 bridgehead atoms. The van der Waals surface area contributed by atoms with Crippen molar-refractivity contribution in [1.82, 2.24) is 20.0 Å². The molecule has 1 aromatic carbocycles. The van der Waals surface area contributed by atoms with Crippen LogP contribution in [0.4, 0.5) is 5.82 Å². The molecule has 3 rings (SSSR count). The van der Waals surface area contributed by atoms with Gasteiger partial charge in [-0.25, -0.2) is 4.98 Å². The standard InChI is InChI=1S/C18H18BrN5O2/c1-12-5-3-4-6-14(12)18-22-17(26-23-18)11-24(2)10-16(25)21-15-8-7-13(19)9-20-15/h3-9H,10-11H2,1-2H3,(H,20,21,25). The number of carbonyl (C=O) groups is 1. The van der Waals surface area contributed by atoms with E-state index in [9.17, 15) is 4.79 Å². The number of aromatic nitrogens is 3. The lowest BCUT2D eigenvalue weighted by molar-refractivity contribution is -0.117. The van der Waals surface area contributed by atoms with Crippen LogP contribution in [0.2, 0.25) is 0 Å². The van der Waals surface area contributed by atoms with Crippen molar-refractivity contribution in [3.05, 3.63) is 58.5 Å². The fourth-order valence-electron chi connectivity index (χ4n) is 2.42. The second kappa shape index (κ2) is 8.20. The molecule has 2 heterocycles. The van der Waals surface area contributed by atoms with E-state index in [1.165, 1.54) is 0 Å². The molecule has 7 nitrogen and oxygen atoms in total. The van der Waals surface area contributed by atoms with Crippen molar-refractivity contribution >= 4 is 27.7 Å². The van der Waals surface area contributed by atoms with Crippen molar-refractivity contribution in [2.45, 2.75) is 13.5 Å². The average Bonchev–Trinajstić information content (AvgIpc) is 3.05. The summed E-state index contributed by atoms with van der Waals surface area (Å²) in [7, 11) is 1.81. The Morgan fingerprint density at radius 2 is 2.08 bits per heavy atom. The number of rotatable bonds is 6. The van der Waals surface area contributed by atoms with Gasteiger partial charge in [0.2, 0.25) is 17.6 Å². The van der Waals surface area contributed by atoms with Crippen LogP contribution in [0.25, 0.3) is 11.4 Å². The Bertz CT molecular complexity index is 895. The Kier molecular flexibility index (Phi) is 5.75. The number of likely N-dealkylation sites (N-methyl/N-ethyl adjacent to an activating group) is 1. The number of benzene rings is 1. The lowest BCUT2D eigenvalue weighted by Crippen LogP contribution is -2.30. The van der Waals surface area contributed by atoms with Crippen molar-refractivity contribution in [2.75, 3.05) is 18.9 Å². The highest BCUT2D eigenvalue weighted by Gasteiger charge is 2.14. The third kappa shape index (κ3) is 4.74. The molecule has 0 radical (unpaired) electrons. The minimum Gasteiger partial charge on any atom is -0.338 e. The van der Waals surface area contributed by atoms with Crippen LogP contribution >= 0.6 is 15.9 Å². The van der Waals surface area contributed by atoms with Gasteiger partial charge in [0.15, 0.2) is 0 Å². The van der Waals surface area contributed by atoms with E-state index in [0.29, 0.717) is 24.1 Å². The molecule has 26 heavy (non-hydrogen) atoms. The molecule has 8 heteroatoms. The second-order valence-corrected chi connectivity index (χ2v) is 6.82. The molecule has 0 saturated carbocycles. The number of anilines is 1. The molecule has 0 fully saturated rings. The number of hydrogen-bond donors (Lipinski definition) is 1. The van der Waals surface area contributed by atoms with Crippen molar-refractivity contribution in [3.63, 3.8) is 0 Å². The quantitative estimate of drug-likeness (QED) is 0.664. The maximum absolute atomic E-state index is 12.1. The van der Waals surface area contributed by atoms with Crippen molar-refractivity contribution in [2.24, 2.45) is 0 Å². The maximum Gasteiger partial charge on any atom is 0.241 e. The summed E-state index contributed by atoms with van der Waals surface area (Å²) in [5.41, 5.74) is 2.01. The summed E-state index contributed by atoms with van der Waals surface area (Å²) in [6.07, 6.45) is 1.63. The van der Waals surface area contributed by atoms with Gasteiger partial charge in [0.25, 0.3) is 0 Å². The van der Waals surface area contributed by atoms with Crippen LogP contribution < -0.4 is 5.32 Å². The number of pyridine rings is 1. The van der Waals surface area contributed by atoms with E-state index in [4.69, 9.17) is 4.52 Å². The van der Waals surface area contributed by atoms with Crippen LogP contribution in [0.15, 0.2) is 51.6 Å². The molecule has 3 aromatic rings. The Morgan fingerprint density at radius 3 is 2.81 bits per heavy atom. The van der Waals surface area contributed by atoms with E-state index >= 15 is 0 Å². The van der Waals surface area contributed by atoms with Crippen LogP contribution in [0, 0.1) is 6.92 Å². The van der Waals surface area contributed by atoms with Gasteiger partial charge in [0, 0.05) is 16.2 Å². The maximum atomic E-state index is 12.1. The van der Waals surface area contributed by atoms with E-state index in [1.54, 1.807) is 17.2 Å². The highest BCUT2D eigenvalue weighted by Crippen LogP contribution is 2.20. The number of hydrogen-bond acceptors (Lipinski definition) is 6. The molecule has 0 spiro atoms. The summed E-state index contributed by atoms with van der Waals surface area (Å²) in [5, 5.41) is 6.77. The first-order valence-electron chi connectivity index (χ1n) is 8.00. The number of nitrogens with zero attached hydrogens (tertiary/aromatic N) is 4. The Morgan fingerprint density at radius 1 is 1.27 bits per heavy atom. The lowest BCUT2D eigenvalue weighted by atomic mass is 10.1. The first kappa shape index (κ1) is 18.2. The molecule has 0 atom stereocenters. The highest BCUT2D eigenvalue weighted by atomic mass is 79.9. The molecule has 0 aliphatic carbocycles. The molecule has 134 valence electrons. The average molecular weight is 416 g/mol. The van der Waals surface area contributed by atoms with Gasteiger partial charge in [-0.05, 0) is 47.6 Å². The van der Waals surface area contributed by atoms with E-state index in [0.717, 1.165) is 15.6 Å². The summed E-state index contributed by atoms with van der Waals surface area (Å²) < 4.78 is 6.16. The molecule has 0 saturated heterocycles. The lowest BCUT2D eigenvalue weighted by Gasteiger charge is -2.13. The largest absolute Gasteiger partial charge is 0.338 e. The summed E-state index contributed by atoms with van der Waals surface area (Å²) >= 11 is 3.31. The van der Waals surface area contributed by atoms with Crippen molar-refractivity contribution < 1.29 is 9.32 Å². The van der Waals surface area contributed by atoms with Gasteiger partial charge in [0.1, 0.15) is 5.82 Å². The molecule has 1 N–H and O–H groups in total. The number of aryl methyl sites for hydroxylation is 1. The van der Waals surface area contributed by atoms with Crippen LogP contribution in [0.5, 0.6) is 0 Å². The summed E-state index contributed by atoms with van der Waals surface area (Å²) in [6.45, 7) is 2.55. The molecule has 0 unspecified atom stereocenters. The van der Waals surface area contributed by atoms with Gasteiger partial charge in [-0.2, -0.15) is 4.98 Å². The number of nitrogens with one attached hydrogen (secondary N) is 1. The highest BCUT2D eigenvalue weighted by molar-refractivity contribution is 9.10. The third-order valence-corrected chi connectivity index (χ3v) is 4.14. The second-order valence-electron chi connectivity index (χ2n) is 5.91. The van der Waals surface area contributed by atoms with Crippen LogP contribution in [0.3, 0.4) is 0 Å². The summed E-state index contributed by atoms with van der Waals surface area (Å²) in [6, 6.07) is 11.4. The first-order chi connectivity index (χ1) is 12.5. The number of carbonyl (C=O) groups excluding carboxylic acids is 1. The van der Waals surface area contributed by atoms with Gasteiger partial charge < -0.3 is 9.84 Å². The Hall–Kier alpha value is -2.58. The van der Waals surface area contributed by atoms with Gasteiger partial charge in [-0.15, -0.1) is 0 Å². The topological polar surface area (TPSA) is 84.2 Å². The predicted octanol–water partition coefficient (Wildman–Crippen LogP) is 3.27. The predicted molar refractivity (Wildman–Crippen MR) is 101 cm³/mol. The smallest absolute Gasteiger partial charge is 0.241 e. The number of halogens is 1. The van der Waals surface area contributed by atoms with Crippen LogP contribution in [-0.2, 0) is 11.3 Å². The molecule has 0 aliphatic heterocycles. The number of amides is 1. The zero-order valence-corrected chi connectivity index (χ0v) is 16.0. The van der Waals surface area contributed by atoms with Crippen LogP contribution in [-0.4, -0.2) is 39.5 Å². The van der Waals surface area contributed by atoms with E-state index in [1.807, 2.05) is 44.3 Å². The van der Waals surface area contributed by atoms with Gasteiger partial charge >= 0.3 is 0 Å².